The molecule has 0 aliphatic carbocycles. The number of hydrogen-bond acceptors (Lipinski definition) is 4. The molecule has 0 spiro atoms. The van der Waals surface area contributed by atoms with Crippen molar-refractivity contribution in [2.45, 2.75) is 0 Å². The van der Waals surface area contributed by atoms with Gasteiger partial charge in [-0.25, -0.2) is 4.39 Å². The molecular weight excluding hydrogens is 251 g/mol. The molecular formula is C13H9FN2O3. The number of rotatable bonds is 3. The number of nitro benzene ring substituents is 1. The summed E-state index contributed by atoms with van der Waals surface area (Å²) >= 11 is 0. The summed E-state index contributed by atoms with van der Waals surface area (Å²) in [6, 6.07) is 9.67. The van der Waals surface area contributed by atoms with Crippen molar-refractivity contribution in [1.82, 2.24) is 0 Å². The summed E-state index contributed by atoms with van der Waals surface area (Å²) in [6.45, 7) is 0. The molecule has 0 fully saturated rings. The Bertz CT molecular complexity index is 656. The Morgan fingerprint density at radius 2 is 2.00 bits per heavy atom. The highest BCUT2D eigenvalue weighted by Gasteiger charge is 2.14. The molecule has 0 unspecified atom stereocenters. The first-order valence-corrected chi connectivity index (χ1v) is 5.34. The molecule has 6 heteroatoms. The zero-order chi connectivity index (χ0) is 13.8. The molecule has 2 aromatic rings. The van der Waals surface area contributed by atoms with E-state index in [1.807, 2.05) is 0 Å². The van der Waals surface area contributed by atoms with E-state index < -0.39 is 22.2 Å². The number of para-hydroxylation sites is 1. The molecule has 96 valence electrons. The Balaban J connectivity index is 2.34. The van der Waals surface area contributed by atoms with Crippen LogP contribution >= 0.6 is 0 Å². The molecule has 0 amide bonds. The number of nitrogens with zero attached hydrogens (tertiary/aromatic N) is 2. The van der Waals surface area contributed by atoms with Crippen LogP contribution in [0.4, 0.5) is 15.8 Å². The molecule has 5 nitrogen and oxygen atoms in total. The molecule has 0 radical (unpaired) electrons. The zero-order valence-corrected chi connectivity index (χ0v) is 9.65. The van der Waals surface area contributed by atoms with Crippen LogP contribution in [0.15, 0.2) is 47.5 Å². The molecule has 2 aromatic carbocycles. The Hall–Kier alpha value is -2.76. The van der Waals surface area contributed by atoms with Gasteiger partial charge in [-0.05, 0) is 24.3 Å². The van der Waals surface area contributed by atoms with E-state index in [0.717, 1.165) is 0 Å². The van der Waals surface area contributed by atoms with Gasteiger partial charge in [-0.2, -0.15) is 0 Å². The van der Waals surface area contributed by atoms with Crippen molar-refractivity contribution in [3.63, 3.8) is 0 Å². The molecule has 0 bridgehead atoms. The van der Waals surface area contributed by atoms with Gasteiger partial charge in [0.15, 0.2) is 0 Å². The summed E-state index contributed by atoms with van der Waals surface area (Å²) in [4.78, 5) is 13.9. The largest absolute Gasteiger partial charge is 0.502 e. The Morgan fingerprint density at radius 3 is 2.68 bits per heavy atom. The minimum absolute atomic E-state index is 0.193. The van der Waals surface area contributed by atoms with Gasteiger partial charge in [-0.3, -0.25) is 15.1 Å². The first-order chi connectivity index (χ1) is 9.08. The third-order valence-corrected chi connectivity index (χ3v) is 2.40. The van der Waals surface area contributed by atoms with Gasteiger partial charge < -0.3 is 5.11 Å². The summed E-state index contributed by atoms with van der Waals surface area (Å²) in [5.41, 5.74) is 0.146. The van der Waals surface area contributed by atoms with Gasteiger partial charge in [0, 0.05) is 17.8 Å². The van der Waals surface area contributed by atoms with Crippen molar-refractivity contribution in [2.75, 3.05) is 0 Å². The van der Waals surface area contributed by atoms with Crippen LogP contribution < -0.4 is 0 Å². The first kappa shape index (κ1) is 12.7. The number of phenolic OH excluding ortho intramolecular Hbond substituents is 1. The number of phenols is 1. The maximum atomic E-state index is 12.9. The maximum absolute atomic E-state index is 12.9. The molecule has 0 aliphatic heterocycles. The second-order valence-electron chi connectivity index (χ2n) is 3.71. The Kier molecular flexibility index (Phi) is 3.51. The van der Waals surface area contributed by atoms with Crippen molar-refractivity contribution in [1.29, 1.82) is 0 Å². The van der Waals surface area contributed by atoms with E-state index in [2.05, 4.69) is 4.99 Å². The van der Waals surface area contributed by atoms with E-state index in [9.17, 15) is 19.6 Å². The first-order valence-electron chi connectivity index (χ1n) is 5.34. The van der Waals surface area contributed by atoms with Crippen LogP contribution in [0.25, 0.3) is 0 Å². The summed E-state index contributed by atoms with van der Waals surface area (Å²) in [5.74, 6) is -0.898. The fourth-order valence-electron chi connectivity index (χ4n) is 1.50. The number of nitro groups is 1. The third kappa shape index (κ3) is 2.92. The summed E-state index contributed by atoms with van der Waals surface area (Å²) in [5, 5.41) is 20.3. The maximum Gasteiger partial charge on any atom is 0.311 e. The lowest BCUT2D eigenvalue weighted by Gasteiger charge is -1.99. The van der Waals surface area contributed by atoms with E-state index in [-0.39, 0.29) is 5.56 Å². The van der Waals surface area contributed by atoms with Gasteiger partial charge in [-0.1, -0.05) is 12.1 Å². The standard InChI is InChI=1S/C13H9FN2O3/c14-10-4-2-5-11(7-10)15-8-9-3-1-6-12(13(9)17)16(18)19/h1-8,17H. The van der Waals surface area contributed by atoms with Crippen LogP contribution in [-0.4, -0.2) is 16.2 Å². The number of aromatic hydroxyl groups is 1. The molecule has 0 aliphatic rings. The van der Waals surface area contributed by atoms with E-state index >= 15 is 0 Å². The van der Waals surface area contributed by atoms with Crippen LogP contribution in [0.2, 0.25) is 0 Å². The molecule has 0 heterocycles. The lowest BCUT2D eigenvalue weighted by atomic mass is 10.2. The highest BCUT2D eigenvalue weighted by atomic mass is 19.1. The van der Waals surface area contributed by atoms with E-state index in [1.54, 1.807) is 6.07 Å². The number of aliphatic imine (C=N–C) groups is 1. The summed E-state index contributed by atoms with van der Waals surface area (Å²) < 4.78 is 12.9. The minimum atomic E-state index is -0.686. The van der Waals surface area contributed by atoms with Crippen LogP contribution in [-0.2, 0) is 0 Å². The minimum Gasteiger partial charge on any atom is -0.502 e. The quantitative estimate of drug-likeness (QED) is 0.523. The third-order valence-electron chi connectivity index (χ3n) is 2.40. The van der Waals surface area contributed by atoms with Crippen LogP contribution in [0, 0.1) is 15.9 Å². The van der Waals surface area contributed by atoms with Gasteiger partial charge in [0.05, 0.1) is 10.6 Å². The second kappa shape index (κ2) is 5.26. The van der Waals surface area contributed by atoms with Gasteiger partial charge >= 0.3 is 5.69 Å². The molecule has 0 aromatic heterocycles. The fourth-order valence-corrected chi connectivity index (χ4v) is 1.50. The summed E-state index contributed by atoms with van der Waals surface area (Å²) in [6.07, 6.45) is 1.25. The van der Waals surface area contributed by atoms with Crippen molar-refractivity contribution in [3.8, 4) is 5.75 Å². The zero-order valence-electron chi connectivity index (χ0n) is 9.65. The van der Waals surface area contributed by atoms with Gasteiger partial charge in [0.2, 0.25) is 5.75 Å². The van der Waals surface area contributed by atoms with Crippen LogP contribution in [0.1, 0.15) is 5.56 Å². The monoisotopic (exact) mass is 260 g/mol. The lowest BCUT2D eigenvalue weighted by molar-refractivity contribution is -0.385. The smallest absolute Gasteiger partial charge is 0.311 e. The normalized spacial score (nSPS) is 10.8. The van der Waals surface area contributed by atoms with Gasteiger partial charge in [0.25, 0.3) is 0 Å². The van der Waals surface area contributed by atoms with Crippen molar-refractivity contribution >= 4 is 17.6 Å². The SMILES string of the molecule is O=[N+]([O-])c1cccc(C=Nc2cccc(F)c2)c1O. The number of benzene rings is 2. The lowest BCUT2D eigenvalue weighted by Crippen LogP contribution is -1.91. The van der Waals surface area contributed by atoms with E-state index in [1.165, 1.54) is 42.6 Å². The van der Waals surface area contributed by atoms with Gasteiger partial charge in [0.1, 0.15) is 5.82 Å². The Morgan fingerprint density at radius 1 is 1.26 bits per heavy atom. The average molecular weight is 260 g/mol. The molecule has 19 heavy (non-hydrogen) atoms. The fraction of sp³-hybridized carbons (Fsp3) is 0. The molecule has 2 rings (SSSR count). The topological polar surface area (TPSA) is 75.7 Å². The summed E-state index contributed by atoms with van der Waals surface area (Å²) in [7, 11) is 0. The van der Waals surface area contributed by atoms with Crippen LogP contribution in [0.3, 0.4) is 0 Å². The van der Waals surface area contributed by atoms with Gasteiger partial charge in [-0.15, -0.1) is 0 Å². The van der Waals surface area contributed by atoms with E-state index in [0.29, 0.717) is 5.69 Å². The second-order valence-corrected chi connectivity index (χ2v) is 3.71. The number of halogens is 1. The predicted molar refractivity (Wildman–Crippen MR) is 68.4 cm³/mol. The van der Waals surface area contributed by atoms with Crippen molar-refractivity contribution < 1.29 is 14.4 Å². The van der Waals surface area contributed by atoms with E-state index in [4.69, 9.17) is 0 Å². The average Bonchev–Trinajstić information content (AvgIpc) is 2.37. The predicted octanol–water partition coefficient (Wildman–Crippen LogP) is 3.19. The molecule has 0 saturated carbocycles. The Labute approximate surface area is 107 Å². The highest BCUT2D eigenvalue weighted by Crippen LogP contribution is 2.28. The number of hydrogen-bond donors (Lipinski definition) is 1. The van der Waals surface area contributed by atoms with Crippen molar-refractivity contribution in [3.05, 3.63) is 64.0 Å². The van der Waals surface area contributed by atoms with Crippen LogP contribution in [0.5, 0.6) is 5.75 Å². The molecule has 1 N–H and O–H groups in total. The molecule has 0 atom stereocenters. The highest BCUT2D eigenvalue weighted by molar-refractivity contribution is 5.87. The van der Waals surface area contributed by atoms with Crippen molar-refractivity contribution in [2.24, 2.45) is 4.99 Å². The molecule has 0 saturated heterocycles.